The van der Waals surface area contributed by atoms with E-state index in [0.29, 0.717) is 10.7 Å². The Labute approximate surface area is 152 Å². The average molecular weight is 359 g/mol. The Morgan fingerprint density at radius 1 is 1.16 bits per heavy atom. The van der Waals surface area contributed by atoms with Gasteiger partial charge in [0.05, 0.1) is 11.2 Å². The van der Waals surface area contributed by atoms with Crippen LogP contribution in [0.4, 0.5) is 5.82 Å². The van der Waals surface area contributed by atoms with Crippen LogP contribution in [-0.4, -0.2) is 70.7 Å². The van der Waals surface area contributed by atoms with Crippen molar-refractivity contribution in [2.24, 2.45) is 0 Å². The zero-order valence-corrected chi connectivity index (χ0v) is 15.4. The summed E-state index contributed by atoms with van der Waals surface area (Å²) < 4.78 is 1.83. The van der Waals surface area contributed by atoms with Crippen molar-refractivity contribution >= 4 is 34.0 Å². The predicted molar refractivity (Wildman–Crippen MR) is 103 cm³/mol. The number of nitrogens with one attached hydrogen (secondary N) is 1. The smallest absolute Gasteiger partial charge is 0.176 e. The summed E-state index contributed by atoms with van der Waals surface area (Å²) in [5, 5.41) is 9.71. The minimum atomic E-state index is 0.618. The van der Waals surface area contributed by atoms with Gasteiger partial charge in [-0.1, -0.05) is 23.7 Å². The van der Waals surface area contributed by atoms with Crippen LogP contribution in [0, 0.1) is 6.92 Å². The Bertz CT molecular complexity index is 897. The fraction of sp³-hybridized carbons (Fsp3) is 0.444. The van der Waals surface area contributed by atoms with Gasteiger partial charge in [-0.2, -0.15) is 5.10 Å². The summed E-state index contributed by atoms with van der Waals surface area (Å²) in [6.45, 7) is 8.31. The highest BCUT2D eigenvalue weighted by atomic mass is 35.5. The number of likely N-dealkylation sites (N-methyl/N-ethyl adjacent to an activating group) is 1. The van der Waals surface area contributed by atoms with E-state index < -0.39 is 0 Å². The van der Waals surface area contributed by atoms with Crippen LogP contribution in [0.5, 0.6) is 0 Å². The molecule has 0 radical (unpaired) electrons. The summed E-state index contributed by atoms with van der Waals surface area (Å²) in [5.74, 6) is 0.874. The van der Waals surface area contributed by atoms with Gasteiger partial charge < -0.3 is 10.2 Å². The summed E-state index contributed by atoms with van der Waals surface area (Å²) in [5.41, 5.74) is 2.53. The number of para-hydroxylation sites is 1. The Balaban J connectivity index is 1.58. The third-order valence-electron chi connectivity index (χ3n) is 4.89. The third-order valence-corrected chi connectivity index (χ3v) is 5.33. The molecule has 4 rings (SSSR count). The summed E-state index contributed by atoms with van der Waals surface area (Å²) in [6, 6.07) is 8.17. The molecule has 1 fully saturated rings. The van der Waals surface area contributed by atoms with Crippen molar-refractivity contribution in [3.8, 4) is 0 Å². The minimum Gasteiger partial charge on any atom is -0.368 e. The number of halogens is 1. The largest absolute Gasteiger partial charge is 0.368 e. The number of hydrogen-bond donors (Lipinski definition) is 1. The fourth-order valence-corrected chi connectivity index (χ4v) is 3.48. The van der Waals surface area contributed by atoms with E-state index in [0.717, 1.165) is 61.7 Å². The molecule has 0 bridgehead atoms. The lowest BCUT2D eigenvalue weighted by atomic mass is 10.2. The molecule has 0 amide bonds. The molecule has 0 spiro atoms. The third kappa shape index (κ3) is 3.17. The molecule has 25 heavy (non-hydrogen) atoms. The van der Waals surface area contributed by atoms with Crippen LogP contribution >= 0.6 is 11.6 Å². The molecule has 0 unspecified atom stereocenters. The van der Waals surface area contributed by atoms with E-state index >= 15 is 0 Å². The molecule has 1 saturated heterocycles. The number of fused-ring (bicyclic) bond motifs is 3. The van der Waals surface area contributed by atoms with Crippen LogP contribution in [-0.2, 0) is 0 Å². The second kappa shape index (κ2) is 6.78. The van der Waals surface area contributed by atoms with E-state index in [4.69, 9.17) is 16.6 Å². The van der Waals surface area contributed by atoms with Gasteiger partial charge in [0.2, 0.25) is 0 Å². The Kier molecular flexibility index (Phi) is 4.50. The van der Waals surface area contributed by atoms with Crippen molar-refractivity contribution in [1.29, 1.82) is 0 Å². The van der Waals surface area contributed by atoms with Crippen molar-refractivity contribution in [2.75, 3.05) is 51.6 Å². The van der Waals surface area contributed by atoms with E-state index in [-0.39, 0.29) is 0 Å². The number of aromatic nitrogens is 3. The van der Waals surface area contributed by atoms with Gasteiger partial charge in [-0.25, -0.2) is 9.50 Å². The molecular weight excluding hydrogens is 336 g/mol. The van der Waals surface area contributed by atoms with Crippen LogP contribution in [0.1, 0.15) is 5.69 Å². The second-order valence-corrected chi connectivity index (χ2v) is 7.06. The predicted octanol–water partition coefficient (Wildman–Crippen LogP) is 2.50. The molecule has 0 atom stereocenters. The molecule has 2 aromatic heterocycles. The topological polar surface area (TPSA) is 48.7 Å². The van der Waals surface area contributed by atoms with Crippen LogP contribution in [0.15, 0.2) is 24.3 Å². The summed E-state index contributed by atoms with van der Waals surface area (Å²) >= 11 is 6.40. The van der Waals surface area contributed by atoms with E-state index in [1.54, 1.807) is 0 Å². The molecule has 6 nitrogen and oxygen atoms in total. The molecule has 1 N–H and O–H groups in total. The van der Waals surface area contributed by atoms with Crippen LogP contribution in [0.3, 0.4) is 0 Å². The number of rotatable bonds is 4. The first-order valence-electron chi connectivity index (χ1n) is 8.72. The maximum atomic E-state index is 6.40. The summed E-state index contributed by atoms with van der Waals surface area (Å²) in [6.07, 6.45) is 0. The van der Waals surface area contributed by atoms with E-state index in [1.807, 2.05) is 23.6 Å². The molecule has 3 heterocycles. The molecule has 0 aliphatic carbocycles. The maximum Gasteiger partial charge on any atom is 0.176 e. The highest BCUT2D eigenvalue weighted by Crippen LogP contribution is 2.28. The van der Waals surface area contributed by atoms with Crippen molar-refractivity contribution in [2.45, 2.75) is 6.92 Å². The standard InChI is InChI=1S/C18H23ClN6/c1-13-16(19)18-21-17(14-5-3-4-6-15(14)25(18)22-13)20-7-8-24-11-9-23(2)10-12-24/h3-6H,7-12H2,1-2H3,(H,20,21). The molecule has 1 aliphatic heterocycles. The Morgan fingerprint density at radius 2 is 1.92 bits per heavy atom. The average Bonchev–Trinajstić information content (AvgIpc) is 2.92. The lowest BCUT2D eigenvalue weighted by Crippen LogP contribution is -2.45. The van der Waals surface area contributed by atoms with Gasteiger partial charge in [0.1, 0.15) is 10.8 Å². The number of piperazine rings is 1. The number of hydrogen-bond acceptors (Lipinski definition) is 5. The van der Waals surface area contributed by atoms with Crippen molar-refractivity contribution in [3.05, 3.63) is 35.0 Å². The Hall–Kier alpha value is -1.89. The van der Waals surface area contributed by atoms with Crippen molar-refractivity contribution < 1.29 is 0 Å². The van der Waals surface area contributed by atoms with Crippen LogP contribution in [0.2, 0.25) is 5.02 Å². The van der Waals surface area contributed by atoms with Gasteiger partial charge >= 0.3 is 0 Å². The first kappa shape index (κ1) is 16.6. The molecule has 3 aromatic rings. The summed E-state index contributed by atoms with van der Waals surface area (Å²) in [4.78, 5) is 9.61. The van der Waals surface area contributed by atoms with Crippen LogP contribution in [0.25, 0.3) is 16.6 Å². The highest BCUT2D eigenvalue weighted by molar-refractivity contribution is 6.34. The Morgan fingerprint density at radius 3 is 2.72 bits per heavy atom. The molecular formula is C18H23ClN6. The number of aryl methyl sites for hydroxylation is 1. The first-order valence-corrected chi connectivity index (χ1v) is 9.09. The zero-order valence-electron chi connectivity index (χ0n) is 14.7. The van der Waals surface area contributed by atoms with Gasteiger partial charge in [-0.15, -0.1) is 0 Å². The van der Waals surface area contributed by atoms with Crippen LogP contribution < -0.4 is 5.32 Å². The number of anilines is 1. The maximum absolute atomic E-state index is 6.40. The van der Waals surface area contributed by atoms with Crippen molar-refractivity contribution in [3.63, 3.8) is 0 Å². The lowest BCUT2D eigenvalue weighted by molar-refractivity contribution is 0.158. The van der Waals surface area contributed by atoms with Gasteiger partial charge in [-0.05, 0) is 26.1 Å². The lowest BCUT2D eigenvalue weighted by Gasteiger charge is -2.32. The number of nitrogens with zero attached hydrogens (tertiary/aromatic N) is 5. The van der Waals surface area contributed by atoms with Gasteiger partial charge in [0, 0.05) is 44.7 Å². The molecule has 132 valence electrons. The highest BCUT2D eigenvalue weighted by Gasteiger charge is 2.16. The fourth-order valence-electron chi connectivity index (χ4n) is 3.32. The quantitative estimate of drug-likeness (QED) is 0.776. The molecule has 1 aromatic carbocycles. The second-order valence-electron chi connectivity index (χ2n) is 6.68. The van der Waals surface area contributed by atoms with Gasteiger partial charge in [0.15, 0.2) is 5.65 Å². The van der Waals surface area contributed by atoms with Gasteiger partial charge in [0.25, 0.3) is 0 Å². The summed E-state index contributed by atoms with van der Waals surface area (Å²) in [7, 11) is 2.18. The molecule has 7 heteroatoms. The van der Waals surface area contributed by atoms with E-state index in [9.17, 15) is 0 Å². The normalized spacial score (nSPS) is 16.8. The SMILES string of the molecule is Cc1nn2c(nc(NCCN3CCN(C)CC3)c3ccccc32)c1Cl. The first-order chi connectivity index (χ1) is 12.1. The van der Waals surface area contributed by atoms with E-state index in [1.165, 1.54) is 0 Å². The number of benzene rings is 1. The zero-order chi connectivity index (χ0) is 17.4. The van der Waals surface area contributed by atoms with Gasteiger partial charge in [-0.3, -0.25) is 4.90 Å². The minimum absolute atomic E-state index is 0.618. The monoisotopic (exact) mass is 358 g/mol. The molecule has 1 aliphatic rings. The molecule has 0 saturated carbocycles. The van der Waals surface area contributed by atoms with Crippen molar-refractivity contribution in [1.82, 2.24) is 24.4 Å². The van der Waals surface area contributed by atoms with E-state index in [2.05, 4.69) is 39.4 Å².